The molecular formula is C24H35N. The summed E-state index contributed by atoms with van der Waals surface area (Å²) >= 11 is 0. The molecule has 0 aliphatic heterocycles. The highest BCUT2D eigenvalue weighted by Gasteiger charge is 2.26. The first-order valence-corrected chi connectivity index (χ1v) is 9.81. The SMILES string of the molecule is CN=C/C=C1/C=C\C(=C(C)\C=C\C2=C(C)CCCC2(C)C)CCCC1. The van der Waals surface area contributed by atoms with Gasteiger partial charge in [0.15, 0.2) is 0 Å². The molecule has 2 aliphatic carbocycles. The molecule has 0 aromatic rings. The van der Waals surface area contributed by atoms with E-state index in [0.717, 1.165) is 6.42 Å². The minimum absolute atomic E-state index is 0.315. The molecule has 0 aromatic heterocycles. The van der Waals surface area contributed by atoms with Crippen LogP contribution in [0.3, 0.4) is 0 Å². The van der Waals surface area contributed by atoms with Crippen molar-refractivity contribution in [1.29, 1.82) is 0 Å². The summed E-state index contributed by atoms with van der Waals surface area (Å²) in [5, 5.41) is 0. The second-order valence-electron chi connectivity index (χ2n) is 8.16. The maximum Gasteiger partial charge on any atom is 0.0277 e. The third-order valence-electron chi connectivity index (χ3n) is 5.65. The van der Waals surface area contributed by atoms with E-state index in [9.17, 15) is 0 Å². The van der Waals surface area contributed by atoms with E-state index >= 15 is 0 Å². The van der Waals surface area contributed by atoms with Crippen LogP contribution in [-0.4, -0.2) is 13.3 Å². The van der Waals surface area contributed by atoms with Crippen molar-refractivity contribution in [3.05, 3.63) is 58.2 Å². The van der Waals surface area contributed by atoms with E-state index in [2.05, 4.69) is 63.1 Å². The van der Waals surface area contributed by atoms with Crippen LogP contribution < -0.4 is 0 Å². The number of aliphatic imine (C=N–C) groups is 1. The molecule has 0 saturated carbocycles. The fourth-order valence-electron chi connectivity index (χ4n) is 3.98. The fourth-order valence-corrected chi connectivity index (χ4v) is 3.98. The van der Waals surface area contributed by atoms with E-state index in [1.54, 1.807) is 11.1 Å². The molecule has 0 atom stereocenters. The molecule has 0 bridgehead atoms. The molecule has 1 nitrogen and oxygen atoms in total. The summed E-state index contributed by atoms with van der Waals surface area (Å²) in [6.45, 7) is 9.35. The number of nitrogens with zero attached hydrogens (tertiary/aromatic N) is 1. The van der Waals surface area contributed by atoms with Crippen LogP contribution in [0.2, 0.25) is 0 Å². The quantitative estimate of drug-likeness (QED) is 0.485. The lowest BCUT2D eigenvalue weighted by Gasteiger charge is -2.33. The van der Waals surface area contributed by atoms with Crippen molar-refractivity contribution >= 4 is 6.21 Å². The van der Waals surface area contributed by atoms with Crippen LogP contribution >= 0.6 is 0 Å². The maximum atomic E-state index is 4.08. The van der Waals surface area contributed by atoms with Crippen LogP contribution in [-0.2, 0) is 0 Å². The number of hydrogen-bond acceptors (Lipinski definition) is 1. The van der Waals surface area contributed by atoms with Crippen molar-refractivity contribution in [2.75, 3.05) is 7.05 Å². The highest BCUT2D eigenvalue weighted by Crippen LogP contribution is 2.40. The van der Waals surface area contributed by atoms with Crippen molar-refractivity contribution in [1.82, 2.24) is 0 Å². The molecule has 0 radical (unpaired) electrons. The molecule has 0 N–H and O–H groups in total. The Labute approximate surface area is 155 Å². The molecule has 1 heteroatoms. The molecule has 0 fully saturated rings. The predicted molar refractivity (Wildman–Crippen MR) is 112 cm³/mol. The lowest BCUT2D eigenvalue weighted by atomic mass is 9.72. The van der Waals surface area contributed by atoms with Gasteiger partial charge >= 0.3 is 0 Å². The van der Waals surface area contributed by atoms with E-state index < -0.39 is 0 Å². The van der Waals surface area contributed by atoms with Gasteiger partial charge in [-0.05, 0) is 92.6 Å². The van der Waals surface area contributed by atoms with Gasteiger partial charge in [0.25, 0.3) is 0 Å². The normalized spacial score (nSPS) is 27.0. The third-order valence-corrected chi connectivity index (χ3v) is 5.65. The average molecular weight is 338 g/mol. The summed E-state index contributed by atoms with van der Waals surface area (Å²) < 4.78 is 0. The van der Waals surface area contributed by atoms with Gasteiger partial charge in [-0.25, -0.2) is 0 Å². The molecule has 0 saturated heterocycles. The predicted octanol–water partition coefficient (Wildman–Crippen LogP) is 7.14. The lowest BCUT2D eigenvalue weighted by Crippen LogP contribution is -2.19. The van der Waals surface area contributed by atoms with Crippen LogP contribution in [0.5, 0.6) is 0 Å². The minimum Gasteiger partial charge on any atom is -0.297 e. The molecule has 2 rings (SSSR count). The summed E-state index contributed by atoms with van der Waals surface area (Å²) in [4.78, 5) is 4.08. The Balaban J connectivity index is 2.24. The van der Waals surface area contributed by atoms with Gasteiger partial charge in [-0.2, -0.15) is 0 Å². The van der Waals surface area contributed by atoms with E-state index in [4.69, 9.17) is 0 Å². The molecule has 0 heterocycles. The summed E-state index contributed by atoms with van der Waals surface area (Å²) in [5.41, 5.74) is 7.70. The van der Waals surface area contributed by atoms with Gasteiger partial charge in [-0.1, -0.05) is 43.7 Å². The van der Waals surface area contributed by atoms with Gasteiger partial charge in [0, 0.05) is 13.3 Å². The van der Waals surface area contributed by atoms with Crippen LogP contribution in [0.25, 0.3) is 0 Å². The summed E-state index contributed by atoms with van der Waals surface area (Å²) in [6, 6.07) is 0. The van der Waals surface area contributed by atoms with Crippen molar-refractivity contribution in [2.24, 2.45) is 10.4 Å². The van der Waals surface area contributed by atoms with Gasteiger partial charge in [-0.3, -0.25) is 4.99 Å². The van der Waals surface area contributed by atoms with Crippen molar-refractivity contribution < 1.29 is 0 Å². The summed E-state index contributed by atoms with van der Waals surface area (Å²) in [7, 11) is 1.83. The topological polar surface area (TPSA) is 12.4 Å². The average Bonchev–Trinajstić information content (AvgIpc) is 2.53. The number of rotatable bonds is 3. The van der Waals surface area contributed by atoms with Gasteiger partial charge in [0.1, 0.15) is 0 Å². The van der Waals surface area contributed by atoms with Crippen molar-refractivity contribution in [2.45, 2.75) is 72.6 Å². The zero-order valence-corrected chi connectivity index (χ0v) is 16.9. The minimum atomic E-state index is 0.315. The lowest BCUT2D eigenvalue weighted by molar-refractivity contribution is 0.377. The standard InChI is InChI=1S/C24H35N/c1-19(12-15-23-20(2)9-8-17-24(23,3)4)22-11-7-6-10-21(13-14-22)16-18-25-5/h12-16,18H,6-11,17H2,1-5H3/b14-13-,15-12+,21-16+,22-19+,25-18?. The molecule has 0 aromatic carbocycles. The van der Waals surface area contributed by atoms with Gasteiger partial charge < -0.3 is 0 Å². The fraction of sp³-hybridized carbons (Fsp3) is 0.542. The number of hydrogen-bond donors (Lipinski definition) is 0. The Morgan fingerprint density at radius 2 is 1.84 bits per heavy atom. The second-order valence-corrected chi connectivity index (χ2v) is 8.16. The first-order chi connectivity index (χ1) is 11.9. The maximum absolute atomic E-state index is 4.08. The highest BCUT2D eigenvalue weighted by atomic mass is 14.6. The summed E-state index contributed by atoms with van der Waals surface area (Å²) in [6.07, 6.45) is 22.1. The molecule has 0 amide bonds. The second kappa shape index (κ2) is 9.17. The Bertz CT molecular complexity index is 648. The molecule has 0 unspecified atom stereocenters. The van der Waals surface area contributed by atoms with E-state index in [1.807, 2.05) is 13.3 Å². The molecule has 25 heavy (non-hydrogen) atoms. The summed E-state index contributed by atoms with van der Waals surface area (Å²) in [5.74, 6) is 0. The number of allylic oxidation sites excluding steroid dienone is 10. The Morgan fingerprint density at radius 3 is 2.56 bits per heavy atom. The zero-order chi connectivity index (χ0) is 18.3. The Hall–Kier alpha value is -1.63. The van der Waals surface area contributed by atoms with Crippen LogP contribution in [0.15, 0.2) is 63.2 Å². The molecular weight excluding hydrogens is 302 g/mol. The van der Waals surface area contributed by atoms with Crippen LogP contribution in [0.1, 0.15) is 72.6 Å². The van der Waals surface area contributed by atoms with Crippen LogP contribution in [0.4, 0.5) is 0 Å². The monoisotopic (exact) mass is 337 g/mol. The van der Waals surface area contributed by atoms with Crippen LogP contribution in [0, 0.1) is 5.41 Å². The van der Waals surface area contributed by atoms with E-state index in [1.165, 1.54) is 55.2 Å². The van der Waals surface area contributed by atoms with Crippen molar-refractivity contribution in [3.63, 3.8) is 0 Å². The first-order valence-electron chi connectivity index (χ1n) is 9.81. The van der Waals surface area contributed by atoms with Gasteiger partial charge in [0.2, 0.25) is 0 Å². The van der Waals surface area contributed by atoms with Gasteiger partial charge in [0.05, 0.1) is 0 Å². The third kappa shape index (κ3) is 5.70. The van der Waals surface area contributed by atoms with Crippen molar-refractivity contribution in [3.8, 4) is 0 Å². The van der Waals surface area contributed by atoms with Gasteiger partial charge in [-0.15, -0.1) is 0 Å². The smallest absolute Gasteiger partial charge is 0.0277 e. The Kier molecular flexibility index (Phi) is 7.23. The zero-order valence-electron chi connectivity index (χ0n) is 16.9. The molecule has 2 aliphatic rings. The van der Waals surface area contributed by atoms with E-state index in [0.29, 0.717) is 5.41 Å². The Morgan fingerprint density at radius 1 is 1.08 bits per heavy atom. The highest BCUT2D eigenvalue weighted by molar-refractivity contribution is 5.72. The van der Waals surface area contributed by atoms with E-state index in [-0.39, 0.29) is 0 Å². The first kappa shape index (κ1) is 19.7. The molecule has 0 spiro atoms. The largest absolute Gasteiger partial charge is 0.297 e. The molecule has 136 valence electrons.